The molecule has 1 amide bonds. The van der Waals surface area contributed by atoms with Gasteiger partial charge in [-0.25, -0.2) is 4.98 Å². The zero-order valence-corrected chi connectivity index (χ0v) is 14.5. The first-order valence-electron chi connectivity index (χ1n) is 8.57. The summed E-state index contributed by atoms with van der Waals surface area (Å²) in [5.74, 6) is 1.02. The summed E-state index contributed by atoms with van der Waals surface area (Å²) in [6.07, 6.45) is 3.46. The Morgan fingerprint density at radius 3 is 2.48 bits per heavy atom. The van der Waals surface area contributed by atoms with Crippen LogP contribution in [0.1, 0.15) is 15.9 Å². The van der Waals surface area contributed by atoms with Crippen molar-refractivity contribution in [3.63, 3.8) is 0 Å². The summed E-state index contributed by atoms with van der Waals surface area (Å²) >= 11 is 0. The highest BCUT2D eigenvalue weighted by molar-refractivity contribution is 6.04. The maximum absolute atomic E-state index is 12.4. The molecular weight excluding hydrogens is 338 g/mol. The van der Waals surface area contributed by atoms with Gasteiger partial charge in [-0.2, -0.15) is 0 Å². The number of aromatic nitrogens is 2. The first-order valence-corrected chi connectivity index (χ1v) is 8.57. The van der Waals surface area contributed by atoms with E-state index in [1.807, 2.05) is 42.5 Å². The zero-order chi connectivity index (χ0) is 18.5. The van der Waals surface area contributed by atoms with Gasteiger partial charge in [0.25, 0.3) is 5.91 Å². The molecule has 0 fully saturated rings. The molecule has 0 saturated heterocycles. The molecule has 2 heterocycles. The van der Waals surface area contributed by atoms with Gasteiger partial charge < -0.3 is 10.1 Å². The van der Waals surface area contributed by atoms with E-state index in [1.54, 1.807) is 42.7 Å². The quantitative estimate of drug-likeness (QED) is 0.574. The van der Waals surface area contributed by atoms with Gasteiger partial charge in [0.05, 0.1) is 5.52 Å². The number of amides is 1. The van der Waals surface area contributed by atoms with Crippen LogP contribution in [0.5, 0.6) is 5.75 Å². The Kier molecular flexibility index (Phi) is 4.74. The van der Waals surface area contributed by atoms with Gasteiger partial charge in [-0.1, -0.05) is 18.2 Å². The summed E-state index contributed by atoms with van der Waals surface area (Å²) in [7, 11) is 0. The van der Waals surface area contributed by atoms with Gasteiger partial charge in [0, 0.05) is 23.3 Å². The second-order valence-corrected chi connectivity index (χ2v) is 6.01. The number of hydrogen-bond donors (Lipinski definition) is 1. The van der Waals surface area contributed by atoms with E-state index in [4.69, 9.17) is 4.74 Å². The molecule has 0 aliphatic heterocycles. The molecule has 5 nitrogen and oxygen atoms in total. The molecule has 0 spiro atoms. The second-order valence-electron chi connectivity index (χ2n) is 6.01. The Labute approximate surface area is 156 Å². The molecular formula is C22H17N3O2. The van der Waals surface area contributed by atoms with Crippen molar-refractivity contribution in [3.8, 4) is 5.75 Å². The number of nitrogens with zero attached hydrogens (tertiary/aromatic N) is 2. The van der Waals surface area contributed by atoms with Crippen molar-refractivity contribution in [2.24, 2.45) is 0 Å². The molecule has 2 aromatic carbocycles. The average molecular weight is 355 g/mol. The first kappa shape index (κ1) is 16.7. The number of rotatable bonds is 5. The summed E-state index contributed by atoms with van der Waals surface area (Å²) in [6.45, 7) is 0.453. The van der Waals surface area contributed by atoms with Crippen molar-refractivity contribution >= 4 is 22.6 Å². The normalized spacial score (nSPS) is 10.5. The maximum Gasteiger partial charge on any atom is 0.256 e. The van der Waals surface area contributed by atoms with Crippen LogP contribution in [-0.4, -0.2) is 15.9 Å². The minimum Gasteiger partial charge on any atom is -0.489 e. The standard InChI is InChI=1S/C22H17N3O2/c26-22(25-21-10-7-17-3-1-2-4-20(17)24-21)18-5-8-19(9-6-18)27-15-16-11-13-23-14-12-16/h1-14H,15H2,(H,24,25,26). The van der Waals surface area contributed by atoms with Crippen LogP contribution >= 0.6 is 0 Å². The molecule has 4 aromatic rings. The summed E-state index contributed by atoms with van der Waals surface area (Å²) in [4.78, 5) is 20.9. The van der Waals surface area contributed by atoms with Gasteiger partial charge >= 0.3 is 0 Å². The van der Waals surface area contributed by atoms with E-state index in [2.05, 4.69) is 15.3 Å². The third kappa shape index (κ3) is 4.10. The van der Waals surface area contributed by atoms with E-state index in [-0.39, 0.29) is 5.91 Å². The lowest BCUT2D eigenvalue weighted by Crippen LogP contribution is -2.12. The van der Waals surface area contributed by atoms with Crippen LogP contribution in [-0.2, 0) is 6.61 Å². The van der Waals surface area contributed by atoms with Gasteiger partial charge in [0.2, 0.25) is 0 Å². The lowest BCUT2D eigenvalue weighted by Gasteiger charge is -2.08. The number of nitrogens with one attached hydrogen (secondary N) is 1. The van der Waals surface area contributed by atoms with Gasteiger partial charge in [-0.05, 0) is 60.2 Å². The number of anilines is 1. The number of carbonyl (C=O) groups excluding carboxylic acids is 1. The number of para-hydroxylation sites is 1. The summed E-state index contributed by atoms with van der Waals surface area (Å²) < 4.78 is 5.72. The van der Waals surface area contributed by atoms with Gasteiger partial charge in [-0.3, -0.25) is 9.78 Å². The lowest BCUT2D eigenvalue weighted by molar-refractivity contribution is 0.102. The van der Waals surface area contributed by atoms with E-state index in [9.17, 15) is 4.79 Å². The van der Waals surface area contributed by atoms with Crippen molar-refractivity contribution in [1.29, 1.82) is 0 Å². The van der Waals surface area contributed by atoms with Crippen LogP contribution in [0.3, 0.4) is 0 Å². The molecule has 0 aliphatic rings. The van der Waals surface area contributed by atoms with E-state index in [1.165, 1.54) is 0 Å². The third-order valence-electron chi connectivity index (χ3n) is 4.11. The summed E-state index contributed by atoms with van der Waals surface area (Å²) in [5, 5.41) is 3.86. The molecule has 0 unspecified atom stereocenters. The molecule has 0 atom stereocenters. The maximum atomic E-state index is 12.4. The minimum atomic E-state index is -0.210. The predicted molar refractivity (Wildman–Crippen MR) is 105 cm³/mol. The Bertz CT molecular complexity index is 1060. The molecule has 132 valence electrons. The average Bonchev–Trinajstić information content (AvgIpc) is 2.73. The molecule has 5 heteroatoms. The summed E-state index contributed by atoms with van der Waals surface area (Å²) in [6, 6.07) is 22.4. The van der Waals surface area contributed by atoms with Gasteiger partial charge in [0.15, 0.2) is 0 Å². The SMILES string of the molecule is O=C(Nc1ccc2ccccc2n1)c1ccc(OCc2ccncc2)cc1. The smallest absolute Gasteiger partial charge is 0.256 e. The van der Waals surface area contributed by atoms with Crippen LogP contribution in [0.4, 0.5) is 5.82 Å². The van der Waals surface area contributed by atoms with Crippen LogP contribution in [0.2, 0.25) is 0 Å². The molecule has 2 aromatic heterocycles. The van der Waals surface area contributed by atoms with E-state index in [0.717, 1.165) is 16.5 Å². The molecule has 4 rings (SSSR count). The molecule has 0 aliphatic carbocycles. The molecule has 0 bridgehead atoms. The van der Waals surface area contributed by atoms with E-state index in [0.29, 0.717) is 23.7 Å². The largest absolute Gasteiger partial charge is 0.489 e. The highest BCUT2D eigenvalue weighted by Crippen LogP contribution is 2.17. The molecule has 27 heavy (non-hydrogen) atoms. The third-order valence-corrected chi connectivity index (χ3v) is 4.11. The van der Waals surface area contributed by atoms with Crippen LogP contribution < -0.4 is 10.1 Å². The zero-order valence-electron chi connectivity index (χ0n) is 14.5. The van der Waals surface area contributed by atoms with Crippen molar-refractivity contribution in [2.45, 2.75) is 6.61 Å². The number of fused-ring (bicyclic) bond motifs is 1. The second kappa shape index (κ2) is 7.66. The summed E-state index contributed by atoms with van der Waals surface area (Å²) in [5.41, 5.74) is 2.42. The topological polar surface area (TPSA) is 64.1 Å². The van der Waals surface area contributed by atoms with E-state index < -0.39 is 0 Å². The van der Waals surface area contributed by atoms with Gasteiger partial charge in [-0.15, -0.1) is 0 Å². The Morgan fingerprint density at radius 1 is 0.889 bits per heavy atom. The van der Waals surface area contributed by atoms with Gasteiger partial charge in [0.1, 0.15) is 18.2 Å². The minimum absolute atomic E-state index is 0.210. The Balaban J connectivity index is 1.41. The number of hydrogen-bond acceptors (Lipinski definition) is 4. The number of benzene rings is 2. The Morgan fingerprint density at radius 2 is 1.67 bits per heavy atom. The number of pyridine rings is 2. The fourth-order valence-electron chi connectivity index (χ4n) is 2.67. The Hall–Kier alpha value is -3.73. The first-order chi connectivity index (χ1) is 13.3. The van der Waals surface area contributed by atoms with Crippen molar-refractivity contribution < 1.29 is 9.53 Å². The highest BCUT2D eigenvalue weighted by atomic mass is 16.5. The van der Waals surface area contributed by atoms with Crippen molar-refractivity contribution in [3.05, 3.63) is 96.3 Å². The number of ether oxygens (including phenoxy) is 1. The van der Waals surface area contributed by atoms with Crippen LogP contribution in [0.15, 0.2) is 85.2 Å². The highest BCUT2D eigenvalue weighted by Gasteiger charge is 2.08. The van der Waals surface area contributed by atoms with E-state index >= 15 is 0 Å². The van der Waals surface area contributed by atoms with Crippen LogP contribution in [0.25, 0.3) is 10.9 Å². The molecule has 0 radical (unpaired) electrons. The monoisotopic (exact) mass is 355 g/mol. The van der Waals surface area contributed by atoms with Crippen molar-refractivity contribution in [2.75, 3.05) is 5.32 Å². The van der Waals surface area contributed by atoms with Crippen molar-refractivity contribution in [1.82, 2.24) is 9.97 Å². The fraction of sp³-hybridized carbons (Fsp3) is 0.0455. The lowest BCUT2D eigenvalue weighted by atomic mass is 10.2. The number of carbonyl (C=O) groups is 1. The van der Waals surface area contributed by atoms with Crippen LogP contribution in [0, 0.1) is 0 Å². The molecule has 0 saturated carbocycles. The fourth-order valence-corrected chi connectivity index (χ4v) is 2.67. The predicted octanol–water partition coefficient (Wildman–Crippen LogP) is 4.46. The molecule has 1 N–H and O–H groups in total.